The molecule has 0 bridgehead atoms. The second kappa shape index (κ2) is 6.23. The molecule has 19 heavy (non-hydrogen) atoms. The summed E-state index contributed by atoms with van der Waals surface area (Å²) in [5.74, 6) is -0.945. The molecule has 0 aliphatic rings. The van der Waals surface area contributed by atoms with Crippen LogP contribution in [0.1, 0.15) is 6.42 Å². The standard InChI is InChI=1S/C11H14ClNO5S/c1-13(6-5-11(14)15)19(16,17)10-4-3-8(12)7-9(10)18-2/h3-4,7H,5-6H2,1-2H3,(H,14,15). The highest BCUT2D eigenvalue weighted by Gasteiger charge is 2.25. The maximum atomic E-state index is 12.2. The maximum Gasteiger partial charge on any atom is 0.304 e. The third kappa shape index (κ3) is 3.82. The van der Waals surface area contributed by atoms with Crippen LogP contribution in [0.3, 0.4) is 0 Å². The Morgan fingerprint density at radius 3 is 2.63 bits per heavy atom. The molecular formula is C11H14ClNO5S. The summed E-state index contributed by atoms with van der Waals surface area (Å²) in [5.41, 5.74) is 0. The zero-order valence-corrected chi connectivity index (χ0v) is 12.0. The van der Waals surface area contributed by atoms with Crippen molar-refractivity contribution in [3.8, 4) is 5.75 Å². The van der Waals surface area contributed by atoms with E-state index in [2.05, 4.69) is 0 Å². The average molecular weight is 308 g/mol. The normalized spacial score (nSPS) is 11.6. The Morgan fingerprint density at radius 1 is 1.47 bits per heavy atom. The van der Waals surface area contributed by atoms with Crippen molar-refractivity contribution in [2.75, 3.05) is 20.7 Å². The molecule has 0 amide bonds. The molecule has 0 atom stereocenters. The van der Waals surface area contributed by atoms with E-state index in [1.54, 1.807) is 0 Å². The number of halogens is 1. The van der Waals surface area contributed by atoms with E-state index in [9.17, 15) is 13.2 Å². The number of rotatable bonds is 6. The Morgan fingerprint density at radius 2 is 2.11 bits per heavy atom. The van der Waals surface area contributed by atoms with Crippen LogP contribution in [0.2, 0.25) is 5.02 Å². The molecule has 0 unspecified atom stereocenters. The van der Waals surface area contributed by atoms with E-state index in [1.165, 1.54) is 32.4 Å². The van der Waals surface area contributed by atoms with Crippen LogP contribution in [0.25, 0.3) is 0 Å². The minimum atomic E-state index is -3.81. The lowest BCUT2D eigenvalue weighted by Crippen LogP contribution is -2.29. The van der Waals surface area contributed by atoms with Gasteiger partial charge in [0, 0.05) is 24.7 Å². The smallest absolute Gasteiger partial charge is 0.304 e. The van der Waals surface area contributed by atoms with Gasteiger partial charge in [-0.1, -0.05) is 11.6 Å². The van der Waals surface area contributed by atoms with Crippen molar-refractivity contribution >= 4 is 27.6 Å². The third-order valence-corrected chi connectivity index (χ3v) is 4.59. The van der Waals surface area contributed by atoms with Crippen molar-refractivity contribution in [2.24, 2.45) is 0 Å². The van der Waals surface area contributed by atoms with Gasteiger partial charge in [-0.05, 0) is 12.1 Å². The number of aliphatic carboxylic acids is 1. The number of sulfonamides is 1. The van der Waals surface area contributed by atoms with Crippen molar-refractivity contribution in [1.29, 1.82) is 0 Å². The van der Waals surface area contributed by atoms with Crippen LogP contribution < -0.4 is 4.74 Å². The first-order valence-electron chi connectivity index (χ1n) is 5.30. The lowest BCUT2D eigenvalue weighted by atomic mass is 10.3. The number of carboxylic acid groups (broad SMARTS) is 1. The highest BCUT2D eigenvalue weighted by molar-refractivity contribution is 7.89. The second-order valence-electron chi connectivity index (χ2n) is 3.77. The summed E-state index contributed by atoms with van der Waals surface area (Å²) in [6, 6.07) is 4.15. The summed E-state index contributed by atoms with van der Waals surface area (Å²) in [5, 5.41) is 8.92. The second-order valence-corrected chi connectivity index (χ2v) is 6.22. The Balaban J connectivity index is 3.09. The lowest BCUT2D eigenvalue weighted by Gasteiger charge is -2.18. The number of carbonyl (C=O) groups is 1. The molecule has 0 radical (unpaired) electrons. The minimum Gasteiger partial charge on any atom is -0.495 e. The summed E-state index contributed by atoms with van der Waals surface area (Å²) in [7, 11) is -1.16. The van der Waals surface area contributed by atoms with Crippen LogP contribution in [0.4, 0.5) is 0 Å². The zero-order valence-electron chi connectivity index (χ0n) is 10.5. The van der Waals surface area contributed by atoms with Crippen LogP contribution >= 0.6 is 11.6 Å². The van der Waals surface area contributed by atoms with Crippen molar-refractivity contribution in [1.82, 2.24) is 4.31 Å². The van der Waals surface area contributed by atoms with Gasteiger partial charge < -0.3 is 9.84 Å². The molecule has 0 aromatic heterocycles. The summed E-state index contributed by atoms with van der Waals surface area (Å²) in [4.78, 5) is 10.4. The molecule has 1 N–H and O–H groups in total. The number of ether oxygens (including phenoxy) is 1. The number of hydrogen-bond acceptors (Lipinski definition) is 4. The first kappa shape index (κ1) is 15.7. The predicted octanol–water partition coefficient (Wildman–Crippen LogP) is 1.44. The summed E-state index contributed by atoms with van der Waals surface area (Å²) >= 11 is 5.76. The fourth-order valence-electron chi connectivity index (χ4n) is 1.40. The quantitative estimate of drug-likeness (QED) is 0.860. The average Bonchev–Trinajstić information content (AvgIpc) is 2.35. The molecular weight excluding hydrogens is 294 g/mol. The topological polar surface area (TPSA) is 83.9 Å². The van der Waals surface area contributed by atoms with E-state index in [4.69, 9.17) is 21.4 Å². The van der Waals surface area contributed by atoms with Gasteiger partial charge in [0.15, 0.2) is 0 Å². The van der Waals surface area contributed by atoms with Gasteiger partial charge in [-0.2, -0.15) is 0 Å². The van der Waals surface area contributed by atoms with E-state index < -0.39 is 16.0 Å². The maximum absolute atomic E-state index is 12.2. The number of benzene rings is 1. The van der Waals surface area contributed by atoms with Crippen LogP contribution in [0, 0.1) is 0 Å². The monoisotopic (exact) mass is 307 g/mol. The van der Waals surface area contributed by atoms with E-state index in [-0.39, 0.29) is 23.6 Å². The molecule has 0 fully saturated rings. The Hall–Kier alpha value is -1.31. The van der Waals surface area contributed by atoms with E-state index >= 15 is 0 Å². The Labute approximate surface area is 116 Å². The van der Waals surface area contributed by atoms with Crippen LogP contribution in [-0.2, 0) is 14.8 Å². The Kier molecular flexibility index (Phi) is 5.16. The summed E-state index contributed by atoms with van der Waals surface area (Å²) in [6.45, 7) is -0.122. The van der Waals surface area contributed by atoms with Crippen molar-refractivity contribution in [3.05, 3.63) is 23.2 Å². The highest BCUT2D eigenvalue weighted by Crippen LogP contribution is 2.29. The summed E-state index contributed by atoms with van der Waals surface area (Å²) < 4.78 is 30.4. The van der Waals surface area contributed by atoms with E-state index in [0.717, 1.165) is 4.31 Å². The zero-order chi connectivity index (χ0) is 14.6. The minimum absolute atomic E-state index is 0.0488. The fourth-order valence-corrected chi connectivity index (χ4v) is 2.86. The predicted molar refractivity (Wildman–Crippen MR) is 70.1 cm³/mol. The molecule has 0 aliphatic carbocycles. The molecule has 1 aromatic rings. The largest absolute Gasteiger partial charge is 0.495 e. The molecule has 1 aromatic carbocycles. The molecule has 0 saturated heterocycles. The van der Waals surface area contributed by atoms with Crippen LogP contribution in [0.15, 0.2) is 23.1 Å². The fraction of sp³-hybridized carbons (Fsp3) is 0.364. The van der Waals surface area contributed by atoms with Gasteiger partial charge in [0.2, 0.25) is 10.0 Å². The first-order chi connectivity index (χ1) is 8.78. The number of methoxy groups -OCH3 is 1. The van der Waals surface area contributed by atoms with Gasteiger partial charge in [0.1, 0.15) is 10.6 Å². The molecule has 0 heterocycles. The van der Waals surface area contributed by atoms with E-state index in [1.807, 2.05) is 0 Å². The number of hydrogen-bond donors (Lipinski definition) is 1. The molecule has 0 saturated carbocycles. The highest BCUT2D eigenvalue weighted by atomic mass is 35.5. The van der Waals surface area contributed by atoms with Gasteiger partial charge in [0.25, 0.3) is 0 Å². The van der Waals surface area contributed by atoms with Gasteiger partial charge in [-0.25, -0.2) is 12.7 Å². The SMILES string of the molecule is COc1cc(Cl)ccc1S(=O)(=O)N(C)CCC(=O)O. The van der Waals surface area contributed by atoms with Gasteiger partial charge in [-0.3, -0.25) is 4.79 Å². The van der Waals surface area contributed by atoms with Crippen LogP contribution in [0.5, 0.6) is 5.75 Å². The van der Waals surface area contributed by atoms with Gasteiger partial charge in [0.05, 0.1) is 13.5 Å². The molecule has 8 heteroatoms. The Bertz CT molecular complexity index is 572. The molecule has 1 rings (SSSR count). The molecule has 106 valence electrons. The van der Waals surface area contributed by atoms with Gasteiger partial charge in [-0.15, -0.1) is 0 Å². The van der Waals surface area contributed by atoms with Crippen LogP contribution in [-0.4, -0.2) is 44.5 Å². The summed E-state index contributed by atoms with van der Waals surface area (Å²) in [6.07, 6.45) is -0.272. The molecule has 6 nitrogen and oxygen atoms in total. The molecule has 0 aliphatic heterocycles. The van der Waals surface area contributed by atoms with Gasteiger partial charge >= 0.3 is 5.97 Å². The molecule has 0 spiro atoms. The first-order valence-corrected chi connectivity index (χ1v) is 7.12. The van der Waals surface area contributed by atoms with E-state index in [0.29, 0.717) is 5.02 Å². The third-order valence-electron chi connectivity index (χ3n) is 2.45. The number of carboxylic acids is 1. The van der Waals surface area contributed by atoms with Crippen molar-refractivity contribution in [3.63, 3.8) is 0 Å². The van der Waals surface area contributed by atoms with Crippen molar-refractivity contribution < 1.29 is 23.1 Å². The number of nitrogens with zero attached hydrogens (tertiary/aromatic N) is 1. The van der Waals surface area contributed by atoms with Crippen molar-refractivity contribution in [2.45, 2.75) is 11.3 Å². The lowest BCUT2D eigenvalue weighted by molar-refractivity contribution is -0.137.